The second-order valence-electron chi connectivity index (χ2n) is 4.41. The number of halogens is 3. The van der Waals surface area contributed by atoms with Gasteiger partial charge in [0.05, 0.1) is 5.56 Å². The zero-order chi connectivity index (χ0) is 15.0. The molecule has 0 aliphatic rings. The molecule has 1 heterocycles. The molecule has 0 aliphatic carbocycles. The van der Waals surface area contributed by atoms with E-state index in [9.17, 15) is 0 Å². The van der Waals surface area contributed by atoms with Crippen molar-refractivity contribution in [3.8, 4) is 22.5 Å². The normalized spacial score (nSPS) is 10.8. The number of nitrogen functional groups attached to an aromatic ring is 1. The highest BCUT2D eigenvalue weighted by Gasteiger charge is 2.20. The van der Waals surface area contributed by atoms with Crippen LogP contribution in [0.15, 0.2) is 55.9 Å². The summed E-state index contributed by atoms with van der Waals surface area (Å²) in [6.07, 6.45) is 0. The molecular weight excluding hydrogens is 419 g/mol. The van der Waals surface area contributed by atoms with Gasteiger partial charge in [-0.3, -0.25) is 0 Å². The summed E-state index contributed by atoms with van der Waals surface area (Å²) < 4.78 is 7.27. The molecule has 0 bridgehead atoms. The van der Waals surface area contributed by atoms with Crippen LogP contribution in [0.1, 0.15) is 0 Å². The number of hydrogen-bond acceptors (Lipinski definition) is 3. The van der Waals surface area contributed by atoms with Crippen LogP contribution in [0.25, 0.3) is 22.5 Å². The van der Waals surface area contributed by atoms with E-state index in [0.29, 0.717) is 16.6 Å². The van der Waals surface area contributed by atoms with Crippen LogP contribution in [0.4, 0.5) is 5.82 Å². The Kier molecular flexibility index (Phi) is 4.06. The van der Waals surface area contributed by atoms with Crippen LogP contribution >= 0.6 is 43.5 Å². The van der Waals surface area contributed by atoms with Crippen LogP contribution in [-0.2, 0) is 0 Å². The Morgan fingerprint density at radius 3 is 2.67 bits per heavy atom. The fourth-order valence-electron chi connectivity index (χ4n) is 2.08. The fourth-order valence-corrected chi connectivity index (χ4v) is 3.06. The number of benzene rings is 2. The number of anilines is 1. The predicted molar refractivity (Wildman–Crippen MR) is 92.2 cm³/mol. The van der Waals surface area contributed by atoms with Gasteiger partial charge in [-0.25, -0.2) is 0 Å². The van der Waals surface area contributed by atoms with Crippen molar-refractivity contribution < 1.29 is 4.52 Å². The van der Waals surface area contributed by atoms with E-state index in [2.05, 4.69) is 37.0 Å². The lowest BCUT2D eigenvalue weighted by Gasteiger charge is -2.06. The summed E-state index contributed by atoms with van der Waals surface area (Å²) in [5.41, 5.74) is 8.44. The first kappa shape index (κ1) is 14.6. The summed E-state index contributed by atoms with van der Waals surface area (Å²) in [5.74, 6) is 0.932. The highest BCUT2D eigenvalue weighted by Crippen LogP contribution is 2.40. The molecule has 2 N–H and O–H groups in total. The highest BCUT2D eigenvalue weighted by molar-refractivity contribution is 9.11. The monoisotopic (exact) mass is 426 g/mol. The zero-order valence-electron chi connectivity index (χ0n) is 10.6. The van der Waals surface area contributed by atoms with Gasteiger partial charge < -0.3 is 10.3 Å². The van der Waals surface area contributed by atoms with E-state index in [0.717, 1.165) is 25.6 Å². The largest absolute Gasteiger partial charge is 0.380 e. The number of rotatable bonds is 2. The van der Waals surface area contributed by atoms with Crippen molar-refractivity contribution >= 4 is 49.3 Å². The van der Waals surface area contributed by atoms with Crippen LogP contribution in [0.5, 0.6) is 0 Å². The lowest BCUT2D eigenvalue weighted by Crippen LogP contribution is -1.89. The molecule has 21 heavy (non-hydrogen) atoms. The molecule has 0 saturated carbocycles. The molecule has 0 radical (unpaired) electrons. The van der Waals surface area contributed by atoms with Crippen LogP contribution in [0, 0.1) is 0 Å². The van der Waals surface area contributed by atoms with Crippen molar-refractivity contribution in [2.45, 2.75) is 0 Å². The van der Waals surface area contributed by atoms with Crippen LogP contribution in [0.2, 0.25) is 5.02 Å². The second-order valence-corrected chi connectivity index (χ2v) is 6.61. The third-order valence-corrected chi connectivity index (χ3v) is 4.42. The number of aromatic nitrogens is 1. The Labute approximate surface area is 143 Å². The first-order valence-electron chi connectivity index (χ1n) is 6.03. The maximum atomic E-state index is 6.06. The average Bonchev–Trinajstić information content (AvgIpc) is 2.83. The maximum absolute atomic E-state index is 6.06. The fraction of sp³-hybridized carbons (Fsp3) is 0. The van der Waals surface area contributed by atoms with Crippen molar-refractivity contribution in [3.63, 3.8) is 0 Å². The molecule has 6 heteroatoms. The zero-order valence-corrected chi connectivity index (χ0v) is 14.5. The third-order valence-electron chi connectivity index (χ3n) is 3.00. The molecular formula is C15H9Br2ClN2O. The minimum Gasteiger partial charge on any atom is -0.380 e. The van der Waals surface area contributed by atoms with Gasteiger partial charge in [0, 0.05) is 19.5 Å². The van der Waals surface area contributed by atoms with Gasteiger partial charge in [0.25, 0.3) is 0 Å². The van der Waals surface area contributed by atoms with Gasteiger partial charge in [-0.15, -0.1) is 0 Å². The van der Waals surface area contributed by atoms with Gasteiger partial charge in [0.1, 0.15) is 0 Å². The minimum atomic E-state index is 0.333. The Hall–Kier alpha value is -1.30. The SMILES string of the molecule is Nc1noc(-c2cc(Br)ccc2Br)c1-c1cccc(Cl)c1. The molecule has 3 aromatic rings. The van der Waals surface area contributed by atoms with E-state index >= 15 is 0 Å². The average molecular weight is 429 g/mol. The molecule has 0 aliphatic heterocycles. The van der Waals surface area contributed by atoms with Gasteiger partial charge in [0.2, 0.25) is 0 Å². The van der Waals surface area contributed by atoms with Crippen LogP contribution in [0.3, 0.4) is 0 Å². The highest BCUT2D eigenvalue weighted by atomic mass is 79.9. The predicted octanol–water partition coefficient (Wildman–Crippen LogP) is 5.77. The Bertz CT molecular complexity index is 817. The summed E-state index contributed by atoms with van der Waals surface area (Å²) in [4.78, 5) is 0. The van der Waals surface area contributed by atoms with Crippen molar-refractivity contribution in [2.75, 3.05) is 5.73 Å². The van der Waals surface area contributed by atoms with Crippen LogP contribution in [-0.4, -0.2) is 5.16 Å². The molecule has 0 unspecified atom stereocenters. The maximum Gasteiger partial charge on any atom is 0.178 e. The Morgan fingerprint density at radius 2 is 1.90 bits per heavy atom. The van der Waals surface area contributed by atoms with Gasteiger partial charge in [-0.1, -0.05) is 60.8 Å². The van der Waals surface area contributed by atoms with Crippen LogP contribution < -0.4 is 5.73 Å². The number of nitrogens with two attached hydrogens (primary N) is 1. The van der Waals surface area contributed by atoms with Gasteiger partial charge in [-0.2, -0.15) is 0 Å². The number of nitrogens with zero attached hydrogens (tertiary/aromatic N) is 1. The molecule has 2 aromatic carbocycles. The van der Waals surface area contributed by atoms with Gasteiger partial charge in [0.15, 0.2) is 11.6 Å². The Morgan fingerprint density at radius 1 is 1.10 bits per heavy atom. The molecule has 0 atom stereocenters. The first-order chi connectivity index (χ1) is 10.1. The summed E-state index contributed by atoms with van der Waals surface area (Å²) in [6.45, 7) is 0. The first-order valence-corrected chi connectivity index (χ1v) is 7.99. The second kappa shape index (κ2) is 5.83. The van der Waals surface area contributed by atoms with Gasteiger partial charge >= 0.3 is 0 Å². The van der Waals surface area contributed by atoms with E-state index in [-0.39, 0.29) is 0 Å². The molecule has 1 aromatic heterocycles. The summed E-state index contributed by atoms with van der Waals surface area (Å²) in [6, 6.07) is 13.2. The lowest BCUT2D eigenvalue weighted by atomic mass is 10.0. The standard InChI is InChI=1S/C15H9Br2ClN2O/c16-9-4-5-12(17)11(7-9)14-13(15(19)20-21-14)8-2-1-3-10(18)6-8/h1-7H,(H2,19,20). The molecule has 0 saturated heterocycles. The van der Waals surface area contributed by atoms with Crippen molar-refractivity contribution in [1.29, 1.82) is 0 Å². The van der Waals surface area contributed by atoms with E-state index in [4.69, 9.17) is 21.9 Å². The summed E-state index contributed by atoms with van der Waals surface area (Å²) in [5, 5.41) is 4.53. The van der Waals surface area contributed by atoms with E-state index in [1.165, 1.54) is 0 Å². The van der Waals surface area contributed by atoms with Crippen molar-refractivity contribution in [2.24, 2.45) is 0 Å². The molecule has 0 amide bonds. The quantitative estimate of drug-likeness (QED) is 0.564. The summed E-state index contributed by atoms with van der Waals surface area (Å²) in [7, 11) is 0. The molecule has 106 valence electrons. The molecule has 3 rings (SSSR count). The van der Waals surface area contributed by atoms with E-state index in [1.807, 2.05) is 42.5 Å². The molecule has 0 spiro atoms. The van der Waals surface area contributed by atoms with Crippen molar-refractivity contribution in [1.82, 2.24) is 5.16 Å². The lowest BCUT2D eigenvalue weighted by molar-refractivity contribution is 0.436. The van der Waals surface area contributed by atoms with E-state index in [1.54, 1.807) is 0 Å². The Balaban J connectivity index is 2.24. The number of hydrogen-bond donors (Lipinski definition) is 1. The van der Waals surface area contributed by atoms with Gasteiger partial charge in [-0.05, 0) is 35.9 Å². The molecule has 3 nitrogen and oxygen atoms in total. The van der Waals surface area contributed by atoms with E-state index < -0.39 is 0 Å². The third kappa shape index (κ3) is 2.86. The molecule has 0 fully saturated rings. The van der Waals surface area contributed by atoms with Crippen molar-refractivity contribution in [3.05, 3.63) is 56.4 Å². The summed E-state index contributed by atoms with van der Waals surface area (Å²) >= 11 is 13.0. The minimum absolute atomic E-state index is 0.333. The topological polar surface area (TPSA) is 52.0 Å². The smallest absolute Gasteiger partial charge is 0.178 e.